The molecule has 20 heavy (non-hydrogen) atoms. The zero-order valence-corrected chi connectivity index (χ0v) is 11.8. The van der Waals surface area contributed by atoms with Gasteiger partial charge in [-0.25, -0.2) is 0 Å². The van der Waals surface area contributed by atoms with Gasteiger partial charge in [-0.2, -0.15) is 4.98 Å². The van der Waals surface area contributed by atoms with Gasteiger partial charge in [-0.1, -0.05) is 19.0 Å². The zero-order chi connectivity index (χ0) is 14.7. The van der Waals surface area contributed by atoms with Gasteiger partial charge in [0.25, 0.3) is 0 Å². The fraction of sp³-hybridized carbons (Fsp3) is 0.429. The van der Waals surface area contributed by atoms with Crippen LogP contribution < -0.4 is 10.5 Å². The number of ether oxygens (including phenoxy) is 1. The summed E-state index contributed by atoms with van der Waals surface area (Å²) in [4.78, 5) is 4.31. The van der Waals surface area contributed by atoms with Crippen LogP contribution in [0.2, 0.25) is 0 Å². The number of aromatic hydroxyl groups is 1. The average molecular weight is 277 g/mol. The standard InChI is InChI=1S/C14H19N3O3/c1-8(2)10(15)7-13-16-14(17-20-13)9-4-5-11(18)12(6-9)19-3/h4-6,8,10,18H,7,15H2,1-3H3. The Kier molecular flexibility index (Phi) is 4.24. The number of aromatic nitrogens is 2. The minimum Gasteiger partial charge on any atom is -0.504 e. The number of hydrogen-bond acceptors (Lipinski definition) is 6. The molecule has 0 aliphatic heterocycles. The summed E-state index contributed by atoms with van der Waals surface area (Å²) in [5.74, 6) is 1.75. The van der Waals surface area contributed by atoms with Crippen LogP contribution in [-0.2, 0) is 6.42 Å². The molecular formula is C14H19N3O3. The van der Waals surface area contributed by atoms with Crippen LogP contribution in [0.25, 0.3) is 11.4 Å². The number of rotatable bonds is 5. The van der Waals surface area contributed by atoms with E-state index in [-0.39, 0.29) is 11.8 Å². The van der Waals surface area contributed by atoms with Crippen molar-refractivity contribution in [3.63, 3.8) is 0 Å². The highest BCUT2D eigenvalue weighted by molar-refractivity contribution is 5.60. The number of hydrogen-bond donors (Lipinski definition) is 2. The van der Waals surface area contributed by atoms with Crippen LogP contribution >= 0.6 is 0 Å². The summed E-state index contributed by atoms with van der Waals surface area (Å²) in [6, 6.07) is 4.88. The molecule has 0 spiro atoms. The Hall–Kier alpha value is -2.08. The second kappa shape index (κ2) is 5.92. The summed E-state index contributed by atoms with van der Waals surface area (Å²) in [5.41, 5.74) is 6.70. The number of nitrogens with zero attached hydrogens (tertiary/aromatic N) is 2. The molecule has 1 heterocycles. The van der Waals surface area contributed by atoms with Crippen molar-refractivity contribution in [2.24, 2.45) is 11.7 Å². The fourth-order valence-corrected chi connectivity index (χ4v) is 1.71. The molecule has 0 amide bonds. The molecule has 2 aromatic rings. The molecule has 1 atom stereocenters. The van der Waals surface area contributed by atoms with E-state index < -0.39 is 0 Å². The molecule has 6 heteroatoms. The van der Waals surface area contributed by atoms with Crippen LogP contribution in [0.3, 0.4) is 0 Å². The highest BCUT2D eigenvalue weighted by atomic mass is 16.5. The fourth-order valence-electron chi connectivity index (χ4n) is 1.71. The summed E-state index contributed by atoms with van der Waals surface area (Å²) in [6.07, 6.45) is 0.542. The Morgan fingerprint density at radius 3 is 2.80 bits per heavy atom. The normalized spacial score (nSPS) is 12.7. The Morgan fingerprint density at radius 2 is 2.15 bits per heavy atom. The number of benzene rings is 1. The van der Waals surface area contributed by atoms with Gasteiger partial charge in [0.05, 0.1) is 7.11 Å². The van der Waals surface area contributed by atoms with Crippen molar-refractivity contribution in [1.29, 1.82) is 0 Å². The van der Waals surface area contributed by atoms with Crippen LogP contribution in [0.15, 0.2) is 22.7 Å². The molecule has 0 radical (unpaired) electrons. The minimum atomic E-state index is -0.0161. The molecule has 1 unspecified atom stereocenters. The van der Waals surface area contributed by atoms with Crippen molar-refractivity contribution < 1.29 is 14.4 Å². The quantitative estimate of drug-likeness (QED) is 0.867. The van der Waals surface area contributed by atoms with Crippen LogP contribution in [-0.4, -0.2) is 28.4 Å². The number of phenolic OH excluding ortho intramolecular Hbond substituents is 1. The van der Waals surface area contributed by atoms with E-state index in [1.807, 2.05) is 13.8 Å². The Bertz CT molecular complexity index is 581. The van der Waals surface area contributed by atoms with Gasteiger partial charge in [0.15, 0.2) is 11.5 Å². The molecule has 0 aliphatic carbocycles. The Morgan fingerprint density at radius 1 is 1.40 bits per heavy atom. The van der Waals surface area contributed by atoms with Crippen molar-refractivity contribution in [2.45, 2.75) is 26.3 Å². The SMILES string of the molecule is COc1cc(-c2noc(CC(N)C(C)C)n2)ccc1O. The van der Waals surface area contributed by atoms with E-state index in [4.69, 9.17) is 15.0 Å². The van der Waals surface area contributed by atoms with Crippen LogP contribution in [0, 0.1) is 5.92 Å². The lowest BCUT2D eigenvalue weighted by atomic mass is 10.0. The van der Waals surface area contributed by atoms with Crippen molar-refractivity contribution in [3.05, 3.63) is 24.1 Å². The second-order valence-corrected chi connectivity index (χ2v) is 5.01. The first-order valence-corrected chi connectivity index (χ1v) is 6.46. The lowest BCUT2D eigenvalue weighted by Crippen LogP contribution is -2.28. The van der Waals surface area contributed by atoms with Crippen molar-refractivity contribution >= 4 is 0 Å². The molecule has 0 saturated carbocycles. The van der Waals surface area contributed by atoms with Gasteiger partial charge in [-0.3, -0.25) is 0 Å². The lowest BCUT2D eigenvalue weighted by Gasteiger charge is -2.11. The van der Waals surface area contributed by atoms with E-state index in [9.17, 15) is 5.11 Å². The van der Waals surface area contributed by atoms with E-state index in [0.29, 0.717) is 35.4 Å². The van der Waals surface area contributed by atoms with E-state index >= 15 is 0 Å². The van der Waals surface area contributed by atoms with Crippen molar-refractivity contribution in [3.8, 4) is 22.9 Å². The molecular weight excluding hydrogens is 258 g/mol. The van der Waals surface area contributed by atoms with Gasteiger partial charge in [0.1, 0.15) is 0 Å². The first-order valence-electron chi connectivity index (χ1n) is 6.46. The summed E-state index contributed by atoms with van der Waals surface area (Å²) in [7, 11) is 1.49. The third kappa shape index (κ3) is 3.08. The number of methoxy groups -OCH3 is 1. The van der Waals surface area contributed by atoms with Crippen molar-refractivity contribution in [2.75, 3.05) is 7.11 Å². The number of phenols is 1. The summed E-state index contributed by atoms with van der Waals surface area (Å²) >= 11 is 0. The first kappa shape index (κ1) is 14.3. The molecule has 0 saturated heterocycles. The maximum absolute atomic E-state index is 9.56. The topological polar surface area (TPSA) is 94.4 Å². The molecule has 6 nitrogen and oxygen atoms in total. The zero-order valence-electron chi connectivity index (χ0n) is 11.8. The third-order valence-corrected chi connectivity index (χ3v) is 3.17. The Balaban J connectivity index is 2.20. The van der Waals surface area contributed by atoms with E-state index in [2.05, 4.69) is 10.1 Å². The molecule has 0 aliphatic rings. The molecule has 1 aromatic heterocycles. The Labute approximate surface area is 117 Å². The highest BCUT2D eigenvalue weighted by Crippen LogP contribution is 2.30. The van der Waals surface area contributed by atoms with Gasteiger partial charge in [-0.15, -0.1) is 0 Å². The maximum atomic E-state index is 9.56. The molecule has 1 aromatic carbocycles. The lowest BCUT2D eigenvalue weighted by molar-refractivity contribution is 0.353. The monoisotopic (exact) mass is 277 g/mol. The molecule has 2 rings (SSSR count). The molecule has 108 valence electrons. The van der Waals surface area contributed by atoms with Gasteiger partial charge in [0.2, 0.25) is 11.7 Å². The van der Waals surface area contributed by atoms with Gasteiger partial charge in [0, 0.05) is 18.0 Å². The first-order chi connectivity index (χ1) is 9.51. The highest BCUT2D eigenvalue weighted by Gasteiger charge is 2.15. The maximum Gasteiger partial charge on any atom is 0.228 e. The molecule has 3 N–H and O–H groups in total. The summed E-state index contributed by atoms with van der Waals surface area (Å²) in [5, 5.41) is 13.5. The minimum absolute atomic E-state index is 0.0161. The average Bonchev–Trinajstić information content (AvgIpc) is 2.87. The van der Waals surface area contributed by atoms with E-state index in [0.717, 1.165) is 0 Å². The largest absolute Gasteiger partial charge is 0.504 e. The summed E-state index contributed by atoms with van der Waals surface area (Å²) < 4.78 is 10.3. The predicted octanol–water partition coefficient (Wildman–Crippen LogP) is 1.98. The molecule has 0 bridgehead atoms. The summed E-state index contributed by atoms with van der Waals surface area (Å²) in [6.45, 7) is 4.10. The van der Waals surface area contributed by atoms with Gasteiger partial charge >= 0.3 is 0 Å². The predicted molar refractivity (Wildman–Crippen MR) is 74.5 cm³/mol. The molecule has 0 fully saturated rings. The smallest absolute Gasteiger partial charge is 0.228 e. The van der Waals surface area contributed by atoms with Crippen LogP contribution in [0.4, 0.5) is 0 Å². The number of nitrogens with two attached hydrogens (primary N) is 1. The van der Waals surface area contributed by atoms with E-state index in [1.54, 1.807) is 12.1 Å². The van der Waals surface area contributed by atoms with Crippen molar-refractivity contribution in [1.82, 2.24) is 10.1 Å². The van der Waals surface area contributed by atoms with Crippen LogP contribution in [0.1, 0.15) is 19.7 Å². The van der Waals surface area contributed by atoms with Gasteiger partial charge < -0.3 is 20.1 Å². The van der Waals surface area contributed by atoms with Crippen LogP contribution in [0.5, 0.6) is 11.5 Å². The van der Waals surface area contributed by atoms with Gasteiger partial charge in [-0.05, 0) is 24.1 Å². The second-order valence-electron chi connectivity index (χ2n) is 5.01. The van der Waals surface area contributed by atoms with E-state index in [1.165, 1.54) is 13.2 Å². The third-order valence-electron chi connectivity index (χ3n) is 3.17.